The molecule has 186 valence electrons. The Hall–Kier alpha value is -2.82. The van der Waals surface area contributed by atoms with E-state index in [2.05, 4.69) is 26.0 Å². The van der Waals surface area contributed by atoms with Crippen LogP contribution in [-0.4, -0.2) is 35.5 Å². The summed E-state index contributed by atoms with van der Waals surface area (Å²) in [4.78, 5) is 25.3. The molecule has 0 heterocycles. The third kappa shape index (κ3) is 9.58. The van der Waals surface area contributed by atoms with Gasteiger partial charge in [-0.05, 0) is 48.1 Å². The molecule has 0 atom stereocenters. The van der Waals surface area contributed by atoms with Crippen LogP contribution in [0.25, 0.3) is 11.1 Å². The maximum atomic E-state index is 12.5. The van der Waals surface area contributed by atoms with Gasteiger partial charge in [0.25, 0.3) is 0 Å². The van der Waals surface area contributed by atoms with Crippen LogP contribution in [-0.2, 0) is 22.6 Å². The molecule has 0 aliphatic rings. The van der Waals surface area contributed by atoms with Crippen molar-refractivity contribution >= 4 is 11.9 Å². The molecule has 2 aromatic carbocycles. The van der Waals surface area contributed by atoms with Gasteiger partial charge in [-0.25, -0.2) is 0 Å². The van der Waals surface area contributed by atoms with Crippen LogP contribution >= 0.6 is 0 Å². The highest BCUT2D eigenvalue weighted by Crippen LogP contribution is 2.32. The van der Waals surface area contributed by atoms with Gasteiger partial charge in [0.2, 0.25) is 5.91 Å². The molecule has 2 rings (SSSR count). The molecule has 0 aliphatic carbocycles. The Morgan fingerprint density at radius 1 is 0.882 bits per heavy atom. The van der Waals surface area contributed by atoms with Crippen molar-refractivity contribution in [3.63, 3.8) is 0 Å². The molecular weight excluding hydrogens is 426 g/mol. The van der Waals surface area contributed by atoms with E-state index < -0.39 is 5.97 Å². The molecule has 2 aromatic rings. The van der Waals surface area contributed by atoms with E-state index in [0.29, 0.717) is 26.0 Å². The molecule has 0 aliphatic heterocycles. The summed E-state index contributed by atoms with van der Waals surface area (Å²) in [6.07, 6.45) is 8.91. The molecule has 0 fully saturated rings. The van der Waals surface area contributed by atoms with Crippen LogP contribution in [0, 0.1) is 0 Å². The van der Waals surface area contributed by atoms with Crippen LogP contribution in [0.2, 0.25) is 0 Å². The third-order valence-electron chi connectivity index (χ3n) is 6.01. The first-order chi connectivity index (χ1) is 16.4. The van der Waals surface area contributed by atoms with E-state index in [4.69, 9.17) is 9.84 Å². The summed E-state index contributed by atoms with van der Waals surface area (Å²) in [5, 5.41) is 9.01. The molecular formula is C29H41NO4. The number of rotatable bonds is 16. The molecule has 0 unspecified atom stereocenters. The minimum absolute atomic E-state index is 0.0994. The maximum Gasteiger partial charge on any atom is 0.303 e. The van der Waals surface area contributed by atoms with Crippen molar-refractivity contribution in [2.75, 3.05) is 13.7 Å². The lowest BCUT2D eigenvalue weighted by molar-refractivity contribution is -0.137. The topological polar surface area (TPSA) is 66.8 Å². The highest BCUT2D eigenvalue weighted by Gasteiger charge is 2.12. The smallest absolute Gasteiger partial charge is 0.303 e. The van der Waals surface area contributed by atoms with Gasteiger partial charge in [0.05, 0.1) is 6.61 Å². The van der Waals surface area contributed by atoms with Crippen LogP contribution in [0.15, 0.2) is 42.5 Å². The maximum absolute atomic E-state index is 12.5. The second-order valence-corrected chi connectivity index (χ2v) is 9.04. The number of aliphatic carboxylic acids is 1. The Bertz CT molecular complexity index is 909. The first-order valence-corrected chi connectivity index (χ1v) is 12.7. The molecule has 5 heteroatoms. The standard InChI is InChI=1S/C29H41NO4/c1-4-6-8-9-10-14-28(31)30(3)22-24-12-11-13-25(20-24)26-17-15-23(16-18-29(32)33)21-27(26)34-19-7-5-2/h11-13,15,17,20-21H,4-10,14,16,18-19,22H2,1-3H3,(H,32,33). The zero-order valence-electron chi connectivity index (χ0n) is 21.1. The van der Waals surface area contributed by atoms with Crippen molar-refractivity contribution < 1.29 is 19.4 Å². The van der Waals surface area contributed by atoms with E-state index in [1.807, 2.05) is 42.3 Å². The number of benzene rings is 2. The van der Waals surface area contributed by atoms with E-state index in [-0.39, 0.29) is 12.3 Å². The Balaban J connectivity index is 2.11. The van der Waals surface area contributed by atoms with Crippen LogP contribution in [0.3, 0.4) is 0 Å². The molecule has 5 nitrogen and oxygen atoms in total. The molecule has 0 aromatic heterocycles. The minimum Gasteiger partial charge on any atom is -0.493 e. The molecule has 0 saturated carbocycles. The number of carboxylic acid groups (broad SMARTS) is 1. The zero-order chi connectivity index (χ0) is 24.8. The third-order valence-corrected chi connectivity index (χ3v) is 6.01. The highest BCUT2D eigenvalue weighted by molar-refractivity contribution is 5.76. The van der Waals surface area contributed by atoms with Crippen LogP contribution in [0.1, 0.15) is 82.8 Å². The van der Waals surface area contributed by atoms with Crippen molar-refractivity contribution in [3.05, 3.63) is 53.6 Å². The lowest BCUT2D eigenvalue weighted by atomic mass is 9.99. The second-order valence-electron chi connectivity index (χ2n) is 9.04. The average molecular weight is 468 g/mol. The number of hydrogen-bond acceptors (Lipinski definition) is 3. The molecule has 0 radical (unpaired) electrons. The van der Waals surface area contributed by atoms with Crippen molar-refractivity contribution in [2.24, 2.45) is 0 Å². The zero-order valence-corrected chi connectivity index (χ0v) is 21.1. The fraction of sp³-hybridized carbons (Fsp3) is 0.517. The van der Waals surface area contributed by atoms with Gasteiger partial charge in [-0.15, -0.1) is 0 Å². The Morgan fingerprint density at radius 3 is 2.38 bits per heavy atom. The molecule has 0 bridgehead atoms. The Labute approximate surface area is 205 Å². The van der Waals surface area contributed by atoms with E-state index >= 15 is 0 Å². The van der Waals surface area contributed by atoms with Gasteiger partial charge < -0.3 is 14.7 Å². The van der Waals surface area contributed by atoms with Gasteiger partial charge in [0.15, 0.2) is 0 Å². The Kier molecular flexibility index (Phi) is 12.2. The average Bonchev–Trinajstić information content (AvgIpc) is 2.83. The summed E-state index contributed by atoms with van der Waals surface area (Å²) in [5.74, 6) is 0.170. The monoisotopic (exact) mass is 467 g/mol. The quantitative estimate of drug-likeness (QED) is 0.274. The van der Waals surface area contributed by atoms with Crippen LogP contribution in [0.5, 0.6) is 5.75 Å². The number of carbonyl (C=O) groups is 2. The number of aryl methyl sites for hydroxylation is 1. The summed E-state index contributed by atoms with van der Waals surface area (Å²) >= 11 is 0. The highest BCUT2D eigenvalue weighted by atomic mass is 16.5. The van der Waals surface area contributed by atoms with E-state index in [9.17, 15) is 9.59 Å². The lowest BCUT2D eigenvalue weighted by Crippen LogP contribution is -2.25. The predicted octanol–water partition coefficient (Wildman–Crippen LogP) is 6.87. The van der Waals surface area contributed by atoms with E-state index in [1.165, 1.54) is 19.3 Å². The minimum atomic E-state index is -0.801. The number of carboxylic acids is 1. The molecule has 1 N–H and O–H groups in total. The van der Waals surface area contributed by atoms with Crippen molar-refractivity contribution in [3.8, 4) is 16.9 Å². The van der Waals surface area contributed by atoms with Gasteiger partial charge in [0.1, 0.15) is 5.75 Å². The summed E-state index contributed by atoms with van der Waals surface area (Å²) in [7, 11) is 1.87. The lowest BCUT2D eigenvalue weighted by Gasteiger charge is -2.18. The van der Waals surface area contributed by atoms with Gasteiger partial charge in [-0.3, -0.25) is 9.59 Å². The normalized spacial score (nSPS) is 10.8. The van der Waals surface area contributed by atoms with E-state index in [0.717, 1.165) is 53.7 Å². The summed E-state index contributed by atoms with van der Waals surface area (Å²) in [6, 6.07) is 14.2. The van der Waals surface area contributed by atoms with Crippen molar-refractivity contribution in [1.29, 1.82) is 0 Å². The first-order valence-electron chi connectivity index (χ1n) is 12.7. The Morgan fingerprint density at radius 2 is 1.65 bits per heavy atom. The fourth-order valence-corrected chi connectivity index (χ4v) is 3.93. The number of hydrogen-bond donors (Lipinski definition) is 1. The molecule has 0 saturated heterocycles. The predicted molar refractivity (Wildman–Crippen MR) is 138 cm³/mol. The van der Waals surface area contributed by atoms with Crippen molar-refractivity contribution in [2.45, 2.75) is 84.6 Å². The number of amides is 1. The van der Waals surface area contributed by atoms with Crippen molar-refractivity contribution in [1.82, 2.24) is 4.90 Å². The number of nitrogens with zero attached hydrogens (tertiary/aromatic N) is 1. The first kappa shape index (κ1) is 27.4. The molecule has 0 spiro atoms. The summed E-state index contributed by atoms with van der Waals surface area (Å²) in [6.45, 7) is 5.52. The van der Waals surface area contributed by atoms with Gasteiger partial charge in [0, 0.05) is 32.0 Å². The SMILES string of the molecule is CCCCCCCC(=O)N(C)Cc1cccc(-c2ccc(CCC(=O)O)cc2OCCCC)c1. The second kappa shape index (κ2) is 15.2. The number of carbonyl (C=O) groups excluding carboxylic acids is 1. The summed E-state index contributed by atoms with van der Waals surface area (Å²) < 4.78 is 6.10. The van der Waals surface area contributed by atoms with Gasteiger partial charge in [-0.1, -0.05) is 76.3 Å². The number of ether oxygens (including phenoxy) is 1. The molecule has 1 amide bonds. The van der Waals surface area contributed by atoms with E-state index in [1.54, 1.807) is 0 Å². The van der Waals surface area contributed by atoms with Gasteiger partial charge in [-0.2, -0.15) is 0 Å². The van der Waals surface area contributed by atoms with Gasteiger partial charge >= 0.3 is 5.97 Å². The fourth-order valence-electron chi connectivity index (χ4n) is 3.93. The van der Waals surface area contributed by atoms with Crippen LogP contribution in [0.4, 0.5) is 0 Å². The van der Waals surface area contributed by atoms with Crippen LogP contribution < -0.4 is 4.74 Å². The molecule has 34 heavy (non-hydrogen) atoms. The number of unbranched alkanes of at least 4 members (excludes halogenated alkanes) is 5. The summed E-state index contributed by atoms with van der Waals surface area (Å²) in [5.41, 5.74) is 4.06. The largest absolute Gasteiger partial charge is 0.493 e.